The van der Waals surface area contributed by atoms with Gasteiger partial charge in [-0.3, -0.25) is 0 Å². The summed E-state index contributed by atoms with van der Waals surface area (Å²) in [7, 11) is 0. The fraction of sp³-hybridized carbons (Fsp3) is 0. The molecule has 3 rings (SSSR count). The van der Waals surface area contributed by atoms with Gasteiger partial charge in [-0.1, -0.05) is 0 Å². The fourth-order valence-corrected chi connectivity index (χ4v) is 1.91. The van der Waals surface area contributed by atoms with Crippen LogP contribution in [0.4, 0.5) is 38.9 Å². The molecule has 6 N–H and O–H groups in total. The zero-order valence-corrected chi connectivity index (χ0v) is 12.1. The summed E-state index contributed by atoms with van der Waals surface area (Å²) >= 11 is 0. The van der Waals surface area contributed by atoms with Gasteiger partial charge in [-0.25, -0.2) is 9.37 Å². The normalized spacial score (nSPS) is 10.3. The average Bonchev–Trinajstić information content (AvgIpc) is 2.55. The number of hydrogen-bond acceptors (Lipinski definition) is 6. The predicted molar refractivity (Wildman–Crippen MR) is 90.3 cm³/mol. The number of nitrogens with one attached hydrogen (secondary N) is 2. The lowest BCUT2D eigenvalue weighted by molar-refractivity contribution is 0.619. The van der Waals surface area contributed by atoms with Gasteiger partial charge in [0, 0.05) is 22.7 Å². The van der Waals surface area contributed by atoms with Crippen molar-refractivity contribution in [2.24, 2.45) is 0 Å². The molecule has 0 unspecified atom stereocenters. The number of rotatable bonds is 4. The molecule has 0 aliphatic heterocycles. The van der Waals surface area contributed by atoms with Gasteiger partial charge in [0.15, 0.2) is 11.6 Å². The van der Waals surface area contributed by atoms with Gasteiger partial charge < -0.3 is 22.1 Å². The third-order valence-corrected chi connectivity index (χ3v) is 3.08. The van der Waals surface area contributed by atoms with Crippen molar-refractivity contribution in [3.05, 3.63) is 60.5 Å². The molecule has 0 aliphatic rings. The number of benzene rings is 2. The minimum Gasteiger partial charge on any atom is -0.399 e. The Kier molecular flexibility index (Phi) is 3.92. The standard InChI is InChI=1S/C16H15FN6/c17-14-9-20-16(22-13-7-3-11(19)4-8-13)23-15(14)21-12-5-1-10(18)2-6-12/h1-9H,18-19H2,(H2,20,21,22,23). The van der Waals surface area contributed by atoms with E-state index < -0.39 is 5.82 Å². The SMILES string of the molecule is Nc1ccc(Nc2ncc(F)c(Nc3ccc(N)cc3)n2)cc1. The largest absolute Gasteiger partial charge is 0.399 e. The molecule has 0 radical (unpaired) electrons. The Balaban J connectivity index is 1.81. The molecular weight excluding hydrogens is 295 g/mol. The van der Waals surface area contributed by atoms with Crippen molar-refractivity contribution >= 4 is 34.5 Å². The molecule has 0 saturated carbocycles. The Morgan fingerprint density at radius 2 is 1.30 bits per heavy atom. The summed E-state index contributed by atoms with van der Waals surface area (Å²) in [4.78, 5) is 8.06. The molecule has 6 nitrogen and oxygen atoms in total. The first-order valence-corrected chi connectivity index (χ1v) is 6.88. The van der Waals surface area contributed by atoms with E-state index in [1.807, 2.05) is 0 Å². The monoisotopic (exact) mass is 310 g/mol. The minimum absolute atomic E-state index is 0.0720. The number of nitrogens with two attached hydrogens (primary N) is 2. The summed E-state index contributed by atoms with van der Waals surface area (Å²) in [6, 6.07) is 14.0. The first-order valence-electron chi connectivity index (χ1n) is 6.88. The number of nitrogens with zero attached hydrogens (tertiary/aromatic N) is 2. The number of anilines is 6. The predicted octanol–water partition coefficient (Wildman–Crippen LogP) is 3.27. The zero-order valence-electron chi connectivity index (χ0n) is 12.1. The van der Waals surface area contributed by atoms with Gasteiger partial charge in [-0.05, 0) is 48.5 Å². The van der Waals surface area contributed by atoms with E-state index in [2.05, 4.69) is 20.6 Å². The van der Waals surface area contributed by atoms with Crippen molar-refractivity contribution in [3.8, 4) is 0 Å². The van der Waals surface area contributed by atoms with Gasteiger partial charge in [0.25, 0.3) is 0 Å². The van der Waals surface area contributed by atoms with Crippen LogP contribution in [0.1, 0.15) is 0 Å². The summed E-state index contributed by atoms with van der Waals surface area (Å²) in [6.07, 6.45) is 1.10. The Hall–Kier alpha value is -3.35. The van der Waals surface area contributed by atoms with Crippen LogP contribution in [-0.4, -0.2) is 9.97 Å². The Morgan fingerprint density at radius 1 is 0.783 bits per heavy atom. The fourth-order valence-electron chi connectivity index (χ4n) is 1.91. The Morgan fingerprint density at radius 3 is 1.87 bits per heavy atom. The molecule has 0 atom stereocenters. The molecule has 116 valence electrons. The summed E-state index contributed by atoms with van der Waals surface area (Å²) in [5.41, 5.74) is 14.0. The van der Waals surface area contributed by atoms with E-state index in [4.69, 9.17) is 11.5 Å². The molecule has 0 spiro atoms. The van der Waals surface area contributed by atoms with Gasteiger partial charge in [0.2, 0.25) is 5.95 Å². The summed E-state index contributed by atoms with van der Waals surface area (Å²) in [5.74, 6) is -0.207. The molecule has 0 amide bonds. The van der Waals surface area contributed by atoms with Crippen molar-refractivity contribution < 1.29 is 4.39 Å². The maximum absolute atomic E-state index is 13.9. The lowest BCUT2D eigenvalue weighted by atomic mass is 10.3. The maximum atomic E-state index is 13.9. The van der Waals surface area contributed by atoms with Crippen LogP contribution in [0, 0.1) is 5.82 Å². The Bertz CT molecular complexity index is 802. The van der Waals surface area contributed by atoms with Crippen LogP contribution in [0.25, 0.3) is 0 Å². The van der Waals surface area contributed by atoms with Gasteiger partial charge in [-0.2, -0.15) is 4.98 Å². The summed E-state index contributed by atoms with van der Waals surface area (Å²) in [6.45, 7) is 0. The van der Waals surface area contributed by atoms with E-state index >= 15 is 0 Å². The van der Waals surface area contributed by atoms with Crippen LogP contribution in [0.3, 0.4) is 0 Å². The first kappa shape index (κ1) is 14.6. The molecule has 0 bridgehead atoms. The molecule has 23 heavy (non-hydrogen) atoms. The average molecular weight is 310 g/mol. The molecule has 0 fully saturated rings. The Labute approximate surface area is 132 Å². The minimum atomic E-state index is -0.551. The van der Waals surface area contributed by atoms with Crippen molar-refractivity contribution in [2.75, 3.05) is 22.1 Å². The summed E-state index contributed by atoms with van der Waals surface area (Å²) < 4.78 is 13.9. The van der Waals surface area contributed by atoms with Crippen LogP contribution >= 0.6 is 0 Å². The van der Waals surface area contributed by atoms with E-state index in [0.717, 1.165) is 11.9 Å². The smallest absolute Gasteiger partial charge is 0.229 e. The maximum Gasteiger partial charge on any atom is 0.229 e. The second-order valence-corrected chi connectivity index (χ2v) is 4.88. The third kappa shape index (κ3) is 3.65. The van der Waals surface area contributed by atoms with Crippen molar-refractivity contribution in [1.29, 1.82) is 0 Å². The number of hydrogen-bond donors (Lipinski definition) is 4. The highest BCUT2D eigenvalue weighted by molar-refractivity contribution is 5.62. The second kappa shape index (κ2) is 6.18. The van der Waals surface area contributed by atoms with Crippen molar-refractivity contribution in [3.63, 3.8) is 0 Å². The van der Waals surface area contributed by atoms with Gasteiger partial charge in [0.05, 0.1) is 6.20 Å². The van der Waals surface area contributed by atoms with Crippen LogP contribution < -0.4 is 22.1 Å². The molecule has 1 heterocycles. The number of nitrogen functional groups attached to an aromatic ring is 2. The molecule has 0 saturated heterocycles. The number of aromatic nitrogens is 2. The van der Waals surface area contributed by atoms with Crippen LogP contribution in [0.15, 0.2) is 54.7 Å². The quantitative estimate of drug-likeness (QED) is 0.552. The third-order valence-electron chi connectivity index (χ3n) is 3.08. The molecule has 0 aliphatic carbocycles. The van der Waals surface area contributed by atoms with E-state index in [1.165, 1.54) is 0 Å². The van der Waals surface area contributed by atoms with E-state index in [9.17, 15) is 4.39 Å². The van der Waals surface area contributed by atoms with Crippen LogP contribution in [0.5, 0.6) is 0 Å². The molecule has 3 aromatic rings. The molecular formula is C16H15FN6. The first-order chi connectivity index (χ1) is 11.1. The van der Waals surface area contributed by atoms with Crippen molar-refractivity contribution in [2.45, 2.75) is 0 Å². The summed E-state index contributed by atoms with van der Waals surface area (Å²) in [5, 5.41) is 5.88. The van der Waals surface area contributed by atoms with Crippen LogP contribution in [0.2, 0.25) is 0 Å². The highest BCUT2D eigenvalue weighted by Crippen LogP contribution is 2.21. The topological polar surface area (TPSA) is 102 Å². The number of halogens is 1. The molecule has 2 aromatic carbocycles. The van der Waals surface area contributed by atoms with Gasteiger partial charge in [0.1, 0.15) is 0 Å². The second-order valence-electron chi connectivity index (χ2n) is 4.88. The van der Waals surface area contributed by atoms with E-state index in [0.29, 0.717) is 17.1 Å². The van der Waals surface area contributed by atoms with Gasteiger partial charge >= 0.3 is 0 Å². The molecule has 1 aromatic heterocycles. The van der Waals surface area contributed by atoms with Crippen LogP contribution in [-0.2, 0) is 0 Å². The highest BCUT2D eigenvalue weighted by atomic mass is 19.1. The highest BCUT2D eigenvalue weighted by Gasteiger charge is 2.08. The lowest BCUT2D eigenvalue weighted by Crippen LogP contribution is -2.03. The lowest BCUT2D eigenvalue weighted by Gasteiger charge is -2.10. The van der Waals surface area contributed by atoms with Crippen molar-refractivity contribution in [1.82, 2.24) is 9.97 Å². The zero-order chi connectivity index (χ0) is 16.2. The van der Waals surface area contributed by atoms with E-state index in [1.54, 1.807) is 48.5 Å². The molecule has 7 heteroatoms. The van der Waals surface area contributed by atoms with Gasteiger partial charge in [-0.15, -0.1) is 0 Å². The van der Waals surface area contributed by atoms with E-state index in [-0.39, 0.29) is 11.8 Å².